The molecule has 0 aliphatic carbocycles. The first-order valence-corrected chi connectivity index (χ1v) is 3.56. The monoisotopic (exact) mass is 148 g/mol. The number of pyridine rings is 1. The molecule has 0 saturated heterocycles. The molecule has 0 unspecified atom stereocenters. The van der Waals surface area contributed by atoms with Crippen LogP contribution in [0, 0.1) is 0 Å². The van der Waals surface area contributed by atoms with E-state index < -0.39 is 0 Å². The molecule has 0 N–H and O–H groups in total. The number of rotatable bonds is 3. The molecule has 11 heavy (non-hydrogen) atoms. The Balaban J connectivity index is 2.68. The number of likely N-dealkylation sites (N-methyl/N-ethyl adjacent to an activating group) is 1. The van der Waals surface area contributed by atoms with Crippen LogP contribution in [0.1, 0.15) is 0 Å². The number of hydrogen-bond acceptors (Lipinski definition) is 2. The van der Waals surface area contributed by atoms with E-state index in [1.807, 2.05) is 31.5 Å². The van der Waals surface area contributed by atoms with Gasteiger partial charge in [-0.3, -0.25) is 4.98 Å². The number of aromatic nitrogens is 1. The molecule has 0 aliphatic rings. The lowest BCUT2D eigenvalue weighted by Crippen LogP contribution is -2.16. The van der Waals surface area contributed by atoms with Crippen molar-refractivity contribution in [1.82, 2.24) is 4.98 Å². The first kappa shape index (κ1) is 7.79. The van der Waals surface area contributed by atoms with Crippen LogP contribution in [0.5, 0.6) is 0 Å². The van der Waals surface area contributed by atoms with Crippen LogP contribution < -0.4 is 4.90 Å². The highest BCUT2D eigenvalue weighted by molar-refractivity contribution is 5.42. The quantitative estimate of drug-likeness (QED) is 0.606. The number of anilines is 1. The fourth-order valence-electron chi connectivity index (χ4n) is 0.879. The summed E-state index contributed by atoms with van der Waals surface area (Å²) in [7, 11) is 2.01. The second-order valence-corrected chi connectivity index (χ2v) is 2.38. The van der Waals surface area contributed by atoms with E-state index in [1.165, 1.54) is 0 Å². The zero-order valence-electron chi connectivity index (χ0n) is 6.70. The minimum atomic E-state index is 0.853. The molecule has 0 spiro atoms. The number of nitrogens with zero attached hydrogens (tertiary/aromatic N) is 2. The van der Waals surface area contributed by atoms with Gasteiger partial charge >= 0.3 is 0 Å². The molecule has 0 bridgehead atoms. The van der Waals surface area contributed by atoms with E-state index in [1.54, 1.807) is 6.20 Å². The van der Waals surface area contributed by atoms with Gasteiger partial charge in [-0.25, -0.2) is 0 Å². The van der Waals surface area contributed by atoms with Crippen molar-refractivity contribution in [3.05, 3.63) is 37.2 Å². The summed E-state index contributed by atoms with van der Waals surface area (Å²) in [5, 5.41) is 0. The minimum absolute atomic E-state index is 0.853. The smallest absolute Gasteiger partial charge is 0.0552 e. The second kappa shape index (κ2) is 3.76. The van der Waals surface area contributed by atoms with Crippen LogP contribution in [0.4, 0.5) is 5.69 Å². The zero-order valence-corrected chi connectivity index (χ0v) is 6.70. The molecule has 1 aromatic heterocycles. The molecule has 0 fully saturated rings. The lowest BCUT2D eigenvalue weighted by atomic mass is 10.4. The fraction of sp³-hybridized carbons (Fsp3) is 0.222. The summed E-state index contributed by atoms with van der Waals surface area (Å²) in [4.78, 5) is 6.10. The highest BCUT2D eigenvalue weighted by atomic mass is 15.1. The summed E-state index contributed by atoms with van der Waals surface area (Å²) in [5.41, 5.74) is 1.12. The fourth-order valence-corrected chi connectivity index (χ4v) is 0.879. The van der Waals surface area contributed by atoms with Crippen LogP contribution in [0.25, 0.3) is 0 Å². The van der Waals surface area contributed by atoms with E-state index >= 15 is 0 Å². The molecule has 2 heteroatoms. The predicted octanol–water partition coefficient (Wildman–Crippen LogP) is 1.70. The van der Waals surface area contributed by atoms with Gasteiger partial charge in [0.2, 0.25) is 0 Å². The van der Waals surface area contributed by atoms with Gasteiger partial charge in [-0.1, -0.05) is 6.08 Å². The largest absolute Gasteiger partial charge is 0.370 e. The topological polar surface area (TPSA) is 16.1 Å². The van der Waals surface area contributed by atoms with Crippen molar-refractivity contribution in [2.75, 3.05) is 18.5 Å². The van der Waals surface area contributed by atoms with Crippen LogP contribution in [0.2, 0.25) is 0 Å². The lowest BCUT2D eigenvalue weighted by Gasteiger charge is -2.15. The van der Waals surface area contributed by atoms with Crippen molar-refractivity contribution in [1.29, 1.82) is 0 Å². The molecule has 0 aliphatic heterocycles. The highest BCUT2D eigenvalue weighted by Crippen LogP contribution is 2.07. The molecular formula is C9H12N2. The van der Waals surface area contributed by atoms with Crippen LogP contribution >= 0.6 is 0 Å². The summed E-state index contributed by atoms with van der Waals surface area (Å²) in [6, 6.07) is 3.95. The van der Waals surface area contributed by atoms with Crippen molar-refractivity contribution in [3.63, 3.8) is 0 Å². The van der Waals surface area contributed by atoms with Gasteiger partial charge in [0, 0.05) is 19.8 Å². The van der Waals surface area contributed by atoms with Crippen LogP contribution in [-0.4, -0.2) is 18.6 Å². The third kappa shape index (κ3) is 2.08. The maximum atomic E-state index is 4.01. The maximum Gasteiger partial charge on any atom is 0.0552 e. The molecule has 0 aromatic carbocycles. The Morgan fingerprint density at radius 3 is 3.09 bits per heavy atom. The summed E-state index contributed by atoms with van der Waals surface area (Å²) < 4.78 is 0. The Morgan fingerprint density at radius 2 is 2.55 bits per heavy atom. The standard InChI is InChI=1S/C9H12N2/c1-3-7-11(2)9-5-4-6-10-8-9/h3-6,8H,1,7H2,2H3. The first-order valence-electron chi connectivity index (χ1n) is 3.56. The molecule has 0 saturated carbocycles. The van der Waals surface area contributed by atoms with Gasteiger partial charge in [0.15, 0.2) is 0 Å². The third-order valence-corrected chi connectivity index (χ3v) is 1.49. The van der Waals surface area contributed by atoms with Crippen LogP contribution in [0.15, 0.2) is 37.2 Å². The first-order chi connectivity index (χ1) is 5.34. The predicted molar refractivity (Wildman–Crippen MR) is 47.7 cm³/mol. The van der Waals surface area contributed by atoms with Crippen molar-refractivity contribution in [2.24, 2.45) is 0 Å². The Kier molecular flexibility index (Phi) is 2.66. The summed E-state index contributed by atoms with van der Waals surface area (Å²) >= 11 is 0. The molecule has 2 nitrogen and oxygen atoms in total. The summed E-state index contributed by atoms with van der Waals surface area (Å²) in [6.45, 7) is 4.52. The van der Waals surface area contributed by atoms with Gasteiger partial charge in [0.25, 0.3) is 0 Å². The molecule has 0 atom stereocenters. The molecule has 0 amide bonds. The molecule has 1 heterocycles. The SMILES string of the molecule is C=CCN(C)c1cccnc1. The Bertz CT molecular complexity index is 218. The third-order valence-electron chi connectivity index (χ3n) is 1.49. The normalized spacial score (nSPS) is 9.18. The Morgan fingerprint density at radius 1 is 1.73 bits per heavy atom. The van der Waals surface area contributed by atoms with E-state index in [-0.39, 0.29) is 0 Å². The number of hydrogen-bond donors (Lipinski definition) is 0. The average Bonchev–Trinajstić information content (AvgIpc) is 2.07. The van der Waals surface area contributed by atoms with Gasteiger partial charge in [0.1, 0.15) is 0 Å². The van der Waals surface area contributed by atoms with Crippen LogP contribution in [-0.2, 0) is 0 Å². The van der Waals surface area contributed by atoms with Gasteiger partial charge in [-0.2, -0.15) is 0 Å². The Labute approximate surface area is 67.2 Å². The lowest BCUT2D eigenvalue weighted by molar-refractivity contribution is 1.02. The molecular weight excluding hydrogens is 136 g/mol. The molecule has 58 valence electrons. The Hall–Kier alpha value is -1.31. The summed E-state index contributed by atoms with van der Waals surface area (Å²) in [6.07, 6.45) is 5.47. The maximum absolute atomic E-state index is 4.01. The van der Waals surface area contributed by atoms with E-state index in [0.29, 0.717) is 0 Å². The minimum Gasteiger partial charge on any atom is -0.370 e. The molecule has 1 rings (SSSR count). The second-order valence-electron chi connectivity index (χ2n) is 2.38. The van der Waals surface area contributed by atoms with Crippen LogP contribution in [0.3, 0.4) is 0 Å². The van der Waals surface area contributed by atoms with Gasteiger partial charge in [-0.05, 0) is 12.1 Å². The van der Waals surface area contributed by atoms with Gasteiger partial charge in [0.05, 0.1) is 11.9 Å². The van der Waals surface area contributed by atoms with Crippen molar-refractivity contribution in [2.45, 2.75) is 0 Å². The average molecular weight is 148 g/mol. The van der Waals surface area contributed by atoms with Crippen molar-refractivity contribution in [3.8, 4) is 0 Å². The van der Waals surface area contributed by atoms with E-state index in [2.05, 4.69) is 16.5 Å². The summed E-state index contributed by atoms with van der Waals surface area (Å²) in [5.74, 6) is 0. The van der Waals surface area contributed by atoms with E-state index in [4.69, 9.17) is 0 Å². The van der Waals surface area contributed by atoms with E-state index in [9.17, 15) is 0 Å². The van der Waals surface area contributed by atoms with Gasteiger partial charge in [-0.15, -0.1) is 6.58 Å². The zero-order chi connectivity index (χ0) is 8.10. The van der Waals surface area contributed by atoms with Crippen molar-refractivity contribution >= 4 is 5.69 Å². The molecule has 0 radical (unpaired) electrons. The van der Waals surface area contributed by atoms with Gasteiger partial charge < -0.3 is 4.90 Å². The highest BCUT2D eigenvalue weighted by Gasteiger charge is 1.94. The molecule has 1 aromatic rings. The van der Waals surface area contributed by atoms with Crippen molar-refractivity contribution < 1.29 is 0 Å². The van der Waals surface area contributed by atoms with E-state index in [0.717, 1.165) is 12.2 Å².